The van der Waals surface area contributed by atoms with Gasteiger partial charge >= 0.3 is 0 Å². The molecule has 2 unspecified atom stereocenters. The number of hydrogen-bond acceptors (Lipinski definition) is 12. The Kier molecular flexibility index (Phi) is 11.8. The lowest BCUT2D eigenvalue weighted by atomic mass is 10.1. The molecule has 85 heavy (non-hydrogen) atoms. The van der Waals surface area contributed by atoms with Gasteiger partial charge in [0, 0.05) is 91.4 Å². The molecule has 3 aliphatic carbocycles. The van der Waals surface area contributed by atoms with E-state index in [1.807, 2.05) is 73.7 Å². The average Bonchev–Trinajstić information content (AvgIpc) is 2.34. The first-order valence-corrected chi connectivity index (χ1v) is 28.9. The summed E-state index contributed by atoms with van der Waals surface area (Å²) >= 11 is 0. The van der Waals surface area contributed by atoms with Crippen molar-refractivity contribution in [2.75, 3.05) is 0 Å². The zero-order valence-electron chi connectivity index (χ0n) is 48.3. The Balaban J connectivity index is 0.000000107. The van der Waals surface area contributed by atoms with Gasteiger partial charge in [0.05, 0.1) is 67.3 Å². The van der Waals surface area contributed by atoms with Crippen LogP contribution in [0.15, 0.2) is 128 Å². The van der Waals surface area contributed by atoms with Crippen LogP contribution in [0.5, 0.6) is 0 Å². The fourth-order valence-electron chi connectivity index (χ4n) is 12.9. The van der Waals surface area contributed by atoms with Crippen LogP contribution in [0.2, 0.25) is 0 Å². The molecule has 0 amide bonds. The van der Waals surface area contributed by atoms with Crippen LogP contribution < -0.4 is 0 Å². The van der Waals surface area contributed by atoms with Crippen molar-refractivity contribution in [3.05, 3.63) is 197 Å². The van der Waals surface area contributed by atoms with Crippen molar-refractivity contribution in [3.8, 4) is 0 Å². The molecule has 0 aliphatic heterocycles. The van der Waals surface area contributed by atoms with Gasteiger partial charge in [-0.2, -0.15) is 15.3 Å². The van der Waals surface area contributed by atoms with E-state index in [0.717, 1.165) is 122 Å². The number of rotatable bonds is 6. The van der Waals surface area contributed by atoms with Crippen LogP contribution in [-0.4, -0.2) is 87.4 Å². The standard InChI is InChI=1S/3C22H20N6.CH4/c3*1-12-11-23-13(2)21-25-20(26-28(12)21)16-10-17(16)22-24-19-15-7-5-4-6-14(15)8-9-18(19)27(22)3;/h3*4-9,11,16-17H,10H2,1-3H3;1H4/t2*16-,17-;;/m10../s1. The average molecular weight is 1120 g/mol. The molecule has 0 N–H and O–H groups in total. The highest BCUT2D eigenvalue weighted by Gasteiger charge is 2.48. The molecule has 15 aromatic rings. The number of fused-ring (bicyclic) bond motifs is 12. The summed E-state index contributed by atoms with van der Waals surface area (Å²) in [6.45, 7) is 12.0. The molecule has 0 saturated heterocycles. The minimum absolute atomic E-state index is 0. The van der Waals surface area contributed by atoms with Crippen molar-refractivity contribution >= 4 is 82.4 Å². The highest BCUT2D eigenvalue weighted by Crippen LogP contribution is 2.56. The Morgan fingerprint density at radius 2 is 0.624 bits per heavy atom. The van der Waals surface area contributed by atoms with E-state index in [1.54, 1.807) is 0 Å². The van der Waals surface area contributed by atoms with Gasteiger partial charge in [-0.1, -0.05) is 98.4 Å². The monoisotopic (exact) mass is 1120 g/mol. The summed E-state index contributed by atoms with van der Waals surface area (Å²) in [5.41, 5.74) is 15.1. The predicted octanol–water partition coefficient (Wildman–Crippen LogP) is 12.8. The van der Waals surface area contributed by atoms with Crippen molar-refractivity contribution in [3.63, 3.8) is 0 Å². The second-order valence-electron chi connectivity index (χ2n) is 23.5. The molecule has 18 rings (SSSR count). The molecule has 18 nitrogen and oxygen atoms in total. The fourth-order valence-corrected chi connectivity index (χ4v) is 12.9. The molecule has 3 saturated carbocycles. The van der Waals surface area contributed by atoms with Crippen molar-refractivity contribution in [2.24, 2.45) is 21.1 Å². The SMILES string of the molecule is C.Cc1ncc(C)n2nc(C3CC3c3nc4c5ccccc5ccc4n3C)nc12.Cc1ncc(C)n2nc([C@@H]3C[C@H]3c3nc4c5ccccc5ccc4n3C)nc12.Cc1ncc(C)n2nc([C@H]3C[C@@H]3c3nc4c5ccccc5ccc4n3C)nc12. The van der Waals surface area contributed by atoms with Crippen LogP contribution in [0, 0.1) is 41.5 Å². The van der Waals surface area contributed by atoms with Gasteiger partial charge in [0.2, 0.25) is 0 Å². The zero-order chi connectivity index (χ0) is 57.0. The second-order valence-corrected chi connectivity index (χ2v) is 23.5. The quantitative estimate of drug-likeness (QED) is 0.154. The second kappa shape index (κ2) is 19.4. The van der Waals surface area contributed by atoms with Gasteiger partial charge in [0.15, 0.2) is 34.4 Å². The summed E-state index contributed by atoms with van der Waals surface area (Å²) in [7, 11) is 6.35. The predicted molar refractivity (Wildman–Crippen MR) is 332 cm³/mol. The van der Waals surface area contributed by atoms with Gasteiger partial charge in [-0.3, -0.25) is 15.0 Å². The van der Waals surface area contributed by atoms with Gasteiger partial charge in [0.1, 0.15) is 17.5 Å². The van der Waals surface area contributed by atoms with Crippen LogP contribution in [0.3, 0.4) is 0 Å². The highest BCUT2D eigenvalue weighted by molar-refractivity contribution is 6.06. The minimum Gasteiger partial charge on any atom is -0.331 e. The molecule has 3 aliphatic rings. The van der Waals surface area contributed by atoms with E-state index in [1.165, 1.54) is 48.9 Å². The third kappa shape index (κ3) is 8.34. The van der Waals surface area contributed by atoms with Crippen molar-refractivity contribution in [2.45, 2.75) is 104 Å². The van der Waals surface area contributed by atoms with E-state index in [4.69, 9.17) is 45.2 Å². The van der Waals surface area contributed by atoms with Crippen molar-refractivity contribution in [1.82, 2.24) is 87.4 Å². The molecule has 9 aromatic heterocycles. The first-order chi connectivity index (χ1) is 40.8. The third-order valence-corrected chi connectivity index (χ3v) is 18.0. The van der Waals surface area contributed by atoms with Gasteiger partial charge in [-0.05, 0) is 95.2 Å². The van der Waals surface area contributed by atoms with E-state index in [2.05, 4.69) is 159 Å². The normalized spacial score (nSPS) is 18.9. The lowest BCUT2D eigenvalue weighted by molar-refractivity contribution is 0.780. The Morgan fingerprint density at radius 3 is 0.906 bits per heavy atom. The molecular weight excluding hydrogens is 1060 g/mol. The maximum Gasteiger partial charge on any atom is 0.177 e. The summed E-state index contributed by atoms with van der Waals surface area (Å²) in [5.74, 6) is 8.14. The topological polar surface area (TPSA) is 183 Å². The zero-order valence-corrected chi connectivity index (χ0v) is 48.3. The fraction of sp³-hybridized carbons (Fsp3) is 0.284. The molecule has 3 fully saturated rings. The Hall–Kier alpha value is -9.84. The molecular formula is C67H64N18. The highest BCUT2D eigenvalue weighted by atomic mass is 15.3. The number of aryl methyl sites for hydroxylation is 9. The number of nitrogens with zero attached hydrogens (tertiary/aromatic N) is 18. The molecule has 9 heterocycles. The third-order valence-electron chi connectivity index (χ3n) is 18.0. The van der Waals surface area contributed by atoms with Gasteiger partial charge in [-0.25, -0.2) is 43.5 Å². The smallest absolute Gasteiger partial charge is 0.177 e. The summed E-state index contributed by atoms with van der Waals surface area (Å²) in [5, 5.41) is 21.6. The number of hydrogen-bond donors (Lipinski definition) is 0. The van der Waals surface area contributed by atoms with Crippen LogP contribution in [0.25, 0.3) is 82.4 Å². The Morgan fingerprint density at radius 1 is 0.341 bits per heavy atom. The summed E-state index contributed by atoms with van der Waals surface area (Å²) < 4.78 is 12.4. The lowest BCUT2D eigenvalue weighted by Crippen LogP contribution is -1.98. The molecule has 18 heteroatoms. The molecule has 0 radical (unpaired) electrons. The molecule has 422 valence electrons. The summed E-state index contributed by atoms with van der Waals surface area (Å²) in [6, 6.07) is 38.4. The largest absolute Gasteiger partial charge is 0.331 e. The van der Waals surface area contributed by atoms with Crippen LogP contribution in [0.4, 0.5) is 0 Å². The van der Waals surface area contributed by atoms with E-state index in [-0.39, 0.29) is 7.43 Å². The first kappa shape index (κ1) is 52.0. The van der Waals surface area contributed by atoms with Crippen LogP contribution in [0.1, 0.15) is 131 Å². The molecule has 0 spiro atoms. The number of aromatic nitrogens is 18. The first-order valence-electron chi connectivity index (χ1n) is 28.9. The summed E-state index contributed by atoms with van der Waals surface area (Å²) in [6.07, 6.45) is 8.66. The van der Waals surface area contributed by atoms with E-state index in [0.29, 0.717) is 35.5 Å². The van der Waals surface area contributed by atoms with Crippen molar-refractivity contribution in [1.29, 1.82) is 0 Å². The molecule has 0 bridgehead atoms. The Labute approximate surface area is 489 Å². The lowest BCUT2D eigenvalue weighted by Gasteiger charge is -2.01. The van der Waals surface area contributed by atoms with Crippen LogP contribution in [-0.2, 0) is 21.1 Å². The molecule has 6 aromatic carbocycles. The van der Waals surface area contributed by atoms with Crippen LogP contribution >= 0.6 is 0 Å². The van der Waals surface area contributed by atoms with Gasteiger partial charge in [0.25, 0.3) is 0 Å². The summed E-state index contributed by atoms with van der Waals surface area (Å²) in [4.78, 5) is 42.8. The van der Waals surface area contributed by atoms with E-state index < -0.39 is 0 Å². The maximum atomic E-state index is 5.06. The van der Waals surface area contributed by atoms with Crippen molar-refractivity contribution < 1.29 is 0 Å². The van der Waals surface area contributed by atoms with E-state index in [9.17, 15) is 0 Å². The van der Waals surface area contributed by atoms with E-state index >= 15 is 0 Å². The Bertz CT molecular complexity index is 4580. The molecule has 6 atom stereocenters. The van der Waals surface area contributed by atoms with Gasteiger partial charge in [-0.15, -0.1) is 0 Å². The minimum atomic E-state index is 0. The van der Waals surface area contributed by atoms with Gasteiger partial charge < -0.3 is 13.7 Å². The number of imidazole rings is 3. The maximum absolute atomic E-state index is 5.06. The number of benzene rings is 6.